The van der Waals surface area contributed by atoms with Gasteiger partial charge < -0.3 is 20.9 Å². The molecule has 7 heteroatoms. The van der Waals surface area contributed by atoms with Crippen molar-refractivity contribution >= 4 is 41.7 Å². The largest absolute Gasteiger partial charge is 0.370 e. The second kappa shape index (κ2) is 10.4. The minimum absolute atomic E-state index is 0. The van der Waals surface area contributed by atoms with Crippen molar-refractivity contribution in [3.05, 3.63) is 29.8 Å². The summed E-state index contributed by atoms with van der Waals surface area (Å²) in [5, 5.41) is 2.95. The molecule has 0 saturated carbocycles. The van der Waals surface area contributed by atoms with Crippen molar-refractivity contribution in [3.63, 3.8) is 0 Å². The summed E-state index contributed by atoms with van der Waals surface area (Å²) < 4.78 is 0. The highest BCUT2D eigenvalue weighted by atomic mass is 127. The van der Waals surface area contributed by atoms with Crippen molar-refractivity contribution < 1.29 is 4.79 Å². The van der Waals surface area contributed by atoms with E-state index in [-0.39, 0.29) is 30.0 Å². The number of rotatable bonds is 5. The molecule has 2 rings (SSSR count). The molecule has 1 fully saturated rings. The van der Waals surface area contributed by atoms with Crippen LogP contribution in [0.3, 0.4) is 0 Å². The van der Waals surface area contributed by atoms with Gasteiger partial charge in [0, 0.05) is 31.9 Å². The van der Waals surface area contributed by atoms with Crippen LogP contribution in [0.2, 0.25) is 0 Å². The van der Waals surface area contributed by atoms with Gasteiger partial charge >= 0.3 is 6.03 Å². The number of anilines is 1. The Hall–Kier alpha value is -1.51. The van der Waals surface area contributed by atoms with Crippen molar-refractivity contribution in [1.29, 1.82) is 0 Å². The summed E-state index contributed by atoms with van der Waals surface area (Å²) in [7, 11) is 0. The number of likely N-dealkylation sites (tertiary alicyclic amines) is 1. The summed E-state index contributed by atoms with van der Waals surface area (Å²) in [6.07, 6.45) is 2.18. The van der Waals surface area contributed by atoms with E-state index in [0.717, 1.165) is 50.3 Å². The van der Waals surface area contributed by atoms with Crippen LogP contribution in [0.25, 0.3) is 0 Å². The number of nitrogens with zero attached hydrogens (tertiary/aromatic N) is 3. The van der Waals surface area contributed by atoms with Crippen LogP contribution >= 0.6 is 24.0 Å². The third-order valence-electron chi connectivity index (χ3n) is 4.08. The standard InChI is InChI=1S/C17H27N5O.HI/c1-3-21(4-2)16(18)19-13-14-8-7-9-15(12-14)20-17(23)22-10-5-6-11-22;/h7-9,12H,3-6,10-11,13H2,1-2H3,(H2,18,19)(H,20,23);1H. The first-order valence-corrected chi connectivity index (χ1v) is 8.33. The monoisotopic (exact) mass is 445 g/mol. The highest BCUT2D eigenvalue weighted by Gasteiger charge is 2.17. The molecule has 6 nitrogen and oxygen atoms in total. The minimum Gasteiger partial charge on any atom is -0.370 e. The van der Waals surface area contributed by atoms with Gasteiger partial charge in [0.05, 0.1) is 6.54 Å². The van der Waals surface area contributed by atoms with Crippen LogP contribution in [-0.4, -0.2) is 48.0 Å². The fraction of sp³-hybridized carbons (Fsp3) is 0.529. The average Bonchev–Trinajstić information content (AvgIpc) is 3.09. The lowest BCUT2D eigenvalue weighted by molar-refractivity contribution is 0.222. The zero-order valence-corrected chi connectivity index (χ0v) is 16.8. The zero-order valence-electron chi connectivity index (χ0n) is 14.5. The van der Waals surface area contributed by atoms with Gasteiger partial charge in [0.2, 0.25) is 0 Å². The lowest BCUT2D eigenvalue weighted by atomic mass is 10.2. The van der Waals surface area contributed by atoms with E-state index in [1.54, 1.807) is 0 Å². The molecular formula is C17H28IN5O. The maximum Gasteiger partial charge on any atom is 0.321 e. The normalized spacial score (nSPS) is 14.2. The van der Waals surface area contributed by atoms with Crippen molar-refractivity contribution in [2.45, 2.75) is 33.2 Å². The summed E-state index contributed by atoms with van der Waals surface area (Å²) in [6.45, 7) is 8.00. The van der Waals surface area contributed by atoms with E-state index in [1.807, 2.05) is 34.1 Å². The Morgan fingerprint density at radius 1 is 1.29 bits per heavy atom. The molecule has 3 N–H and O–H groups in total. The number of hydrogen-bond acceptors (Lipinski definition) is 2. The predicted octanol–water partition coefficient (Wildman–Crippen LogP) is 3.09. The highest BCUT2D eigenvalue weighted by molar-refractivity contribution is 14.0. The summed E-state index contributed by atoms with van der Waals surface area (Å²) >= 11 is 0. The number of nitrogens with one attached hydrogen (secondary N) is 1. The predicted molar refractivity (Wildman–Crippen MR) is 110 cm³/mol. The molecule has 0 radical (unpaired) electrons. The van der Waals surface area contributed by atoms with E-state index < -0.39 is 0 Å². The van der Waals surface area contributed by atoms with Gasteiger partial charge in [-0.05, 0) is 44.4 Å². The quantitative estimate of drug-likeness (QED) is 0.416. The third kappa shape index (κ3) is 5.85. The topological polar surface area (TPSA) is 74.0 Å². The molecule has 1 saturated heterocycles. The van der Waals surface area contributed by atoms with Gasteiger partial charge in [-0.3, -0.25) is 0 Å². The van der Waals surface area contributed by atoms with Crippen LogP contribution in [0.4, 0.5) is 10.5 Å². The molecule has 1 aromatic carbocycles. The molecule has 1 aliphatic heterocycles. The summed E-state index contributed by atoms with van der Waals surface area (Å²) in [5.74, 6) is 0.557. The van der Waals surface area contributed by atoms with Crippen LogP contribution in [0.15, 0.2) is 29.3 Å². The number of halogens is 1. The van der Waals surface area contributed by atoms with Crippen LogP contribution in [0, 0.1) is 0 Å². The second-order valence-electron chi connectivity index (χ2n) is 5.67. The van der Waals surface area contributed by atoms with E-state index in [0.29, 0.717) is 12.5 Å². The first kappa shape index (κ1) is 20.5. The number of amides is 2. The fourth-order valence-electron chi connectivity index (χ4n) is 2.69. The molecule has 0 unspecified atom stereocenters. The number of benzene rings is 1. The SMILES string of the molecule is CCN(CC)C(N)=NCc1cccc(NC(=O)N2CCCC2)c1.I. The van der Waals surface area contributed by atoms with Gasteiger partial charge in [-0.1, -0.05) is 12.1 Å². The molecule has 24 heavy (non-hydrogen) atoms. The van der Waals surface area contributed by atoms with Crippen LogP contribution in [0.1, 0.15) is 32.3 Å². The number of aliphatic imine (C=N–C) groups is 1. The van der Waals surface area contributed by atoms with Crippen molar-refractivity contribution in [3.8, 4) is 0 Å². The van der Waals surface area contributed by atoms with E-state index in [9.17, 15) is 4.79 Å². The summed E-state index contributed by atoms with van der Waals surface area (Å²) in [4.78, 5) is 20.4. The molecule has 134 valence electrons. The number of carbonyl (C=O) groups is 1. The number of hydrogen-bond donors (Lipinski definition) is 2. The van der Waals surface area contributed by atoms with E-state index >= 15 is 0 Å². The van der Waals surface area contributed by atoms with Gasteiger partial charge in [0.25, 0.3) is 0 Å². The molecular weight excluding hydrogens is 417 g/mol. The Morgan fingerprint density at radius 3 is 2.58 bits per heavy atom. The molecule has 0 bridgehead atoms. The molecule has 1 aromatic rings. The molecule has 1 heterocycles. The van der Waals surface area contributed by atoms with E-state index in [1.165, 1.54) is 0 Å². The molecule has 0 aromatic heterocycles. The smallest absolute Gasteiger partial charge is 0.321 e. The Bertz CT molecular complexity index is 554. The number of nitrogens with two attached hydrogens (primary N) is 1. The summed E-state index contributed by atoms with van der Waals surface area (Å²) in [6, 6.07) is 7.75. The second-order valence-corrected chi connectivity index (χ2v) is 5.67. The van der Waals surface area contributed by atoms with Crippen molar-refractivity contribution in [2.24, 2.45) is 10.7 Å². The maximum absolute atomic E-state index is 12.1. The van der Waals surface area contributed by atoms with Crippen LogP contribution < -0.4 is 11.1 Å². The maximum atomic E-state index is 12.1. The highest BCUT2D eigenvalue weighted by Crippen LogP contribution is 2.14. The molecule has 2 amide bonds. The van der Waals surface area contributed by atoms with Gasteiger partial charge in [-0.25, -0.2) is 9.79 Å². The first-order valence-electron chi connectivity index (χ1n) is 8.33. The zero-order chi connectivity index (χ0) is 16.7. The number of urea groups is 1. The Kier molecular flexibility index (Phi) is 8.88. The lowest BCUT2D eigenvalue weighted by Gasteiger charge is -2.19. The fourth-order valence-corrected chi connectivity index (χ4v) is 2.69. The minimum atomic E-state index is -0.0224. The number of guanidine groups is 1. The Morgan fingerprint density at radius 2 is 1.96 bits per heavy atom. The Balaban J connectivity index is 0.00000288. The van der Waals surface area contributed by atoms with E-state index in [4.69, 9.17) is 5.73 Å². The molecule has 0 spiro atoms. The van der Waals surface area contributed by atoms with Gasteiger partial charge in [-0.15, -0.1) is 24.0 Å². The first-order chi connectivity index (χ1) is 11.1. The Labute approximate surface area is 161 Å². The average molecular weight is 445 g/mol. The number of carbonyl (C=O) groups excluding carboxylic acids is 1. The van der Waals surface area contributed by atoms with Gasteiger partial charge in [0.15, 0.2) is 5.96 Å². The molecule has 0 atom stereocenters. The van der Waals surface area contributed by atoms with Crippen LogP contribution in [-0.2, 0) is 6.54 Å². The van der Waals surface area contributed by atoms with Gasteiger partial charge in [0.1, 0.15) is 0 Å². The molecule has 1 aliphatic rings. The van der Waals surface area contributed by atoms with E-state index in [2.05, 4.69) is 24.2 Å². The molecule has 0 aliphatic carbocycles. The lowest BCUT2D eigenvalue weighted by Crippen LogP contribution is -2.37. The van der Waals surface area contributed by atoms with Crippen molar-refractivity contribution in [1.82, 2.24) is 9.80 Å². The summed E-state index contributed by atoms with van der Waals surface area (Å²) in [5.41, 5.74) is 7.82. The van der Waals surface area contributed by atoms with Crippen LogP contribution in [0.5, 0.6) is 0 Å². The van der Waals surface area contributed by atoms with Crippen molar-refractivity contribution in [2.75, 3.05) is 31.5 Å². The third-order valence-corrected chi connectivity index (χ3v) is 4.08. The van der Waals surface area contributed by atoms with Gasteiger partial charge in [-0.2, -0.15) is 0 Å².